The van der Waals surface area contributed by atoms with Crippen LogP contribution in [0.5, 0.6) is 0 Å². The van der Waals surface area contributed by atoms with Crippen LogP contribution >= 0.6 is 11.5 Å². The molecule has 2 aromatic rings. The summed E-state index contributed by atoms with van der Waals surface area (Å²) in [5.41, 5.74) is 1.15. The van der Waals surface area contributed by atoms with E-state index in [-0.39, 0.29) is 0 Å². The Kier molecular flexibility index (Phi) is 4.21. The summed E-state index contributed by atoms with van der Waals surface area (Å²) in [6.07, 6.45) is 5.85. The van der Waals surface area contributed by atoms with Gasteiger partial charge < -0.3 is 9.47 Å². The molecule has 0 bridgehead atoms. The van der Waals surface area contributed by atoms with Crippen molar-refractivity contribution in [2.24, 2.45) is 0 Å². The van der Waals surface area contributed by atoms with Gasteiger partial charge in [0.25, 0.3) is 0 Å². The second-order valence-electron chi connectivity index (χ2n) is 5.86. The molecule has 0 N–H and O–H groups in total. The van der Waals surface area contributed by atoms with Gasteiger partial charge in [-0.15, -0.1) is 0 Å². The quantitative estimate of drug-likeness (QED) is 0.842. The van der Waals surface area contributed by atoms with E-state index in [1.54, 1.807) is 0 Å². The van der Waals surface area contributed by atoms with Crippen molar-refractivity contribution in [3.05, 3.63) is 23.5 Å². The molecule has 6 nitrogen and oxygen atoms in total. The van der Waals surface area contributed by atoms with E-state index in [4.69, 9.17) is 4.98 Å². The van der Waals surface area contributed by atoms with Crippen LogP contribution in [-0.2, 0) is 26.1 Å². The zero-order chi connectivity index (χ0) is 14.8. The molecule has 1 aliphatic rings. The summed E-state index contributed by atoms with van der Waals surface area (Å²) >= 11 is 1.45. The molecule has 0 radical (unpaired) electrons. The predicted octanol–water partition coefficient (Wildman–Crippen LogP) is 1.77. The van der Waals surface area contributed by atoms with E-state index in [1.807, 2.05) is 19.0 Å². The first-order chi connectivity index (χ1) is 10.1. The molecule has 21 heavy (non-hydrogen) atoms. The van der Waals surface area contributed by atoms with Crippen LogP contribution in [0.1, 0.15) is 30.2 Å². The van der Waals surface area contributed by atoms with Gasteiger partial charge >= 0.3 is 0 Å². The third kappa shape index (κ3) is 3.41. The van der Waals surface area contributed by atoms with E-state index in [9.17, 15) is 0 Å². The average molecular weight is 306 g/mol. The summed E-state index contributed by atoms with van der Waals surface area (Å²) in [6.45, 7) is 2.72. The number of fused-ring (bicyclic) bond motifs is 1. The Balaban J connectivity index is 1.60. The van der Waals surface area contributed by atoms with Gasteiger partial charge in [-0.2, -0.15) is 4.37 Å². The van der Waals surface area contributed by atoms with E-state index in [1.165, 1.54) is 30.2 Å². The third-order valence-corrected chi connectivity index (χ3v) is 4.56. The number of anilines is 1. The molecule has 2 aromatic heterocycles. The van der Waals surface area contributed by atoms with Crippen molar-refractivity contribution in [3.63, 3.8) is 0 Å². The van der Waals surface area contributed by atoms with Gasteiger partial charge in [-0.3, -0.25) is 4.90 Å². The normalized spacial score (nSPS) is 14.5. The molecule has 0 spiro atoms. The first kappa shape index (κ1) is 14.5. The van der Waals surface area contributed by atoms with Crippen molar-refractivity contribution >= 4 is 16.7 Å². The lowest BCUT2D eigenvalue weighted by molar-refractivity contribution is 0.308. The maximum atomic E-state index is 4.74. The van der Waals surface area contributed by atoms with Gasteiger partial charge in [-0.1, -0.05) is 0 Å². The minimum absolute atomic E-state index is 0.756. The molecule has 7 heteroatoms. The van der Waals surface area contributed by atoms with Gasteiger partial charge in [0.15, 0.2) is 5.82 Å². The number of aryl methyl sites for hydroxylation is 2. The maximum Gasteiger partial charge on any atom is 0.204 e. The molecule has 0 saturated carbocycles. The summed E-state index contributed by atoms with van der Waals surface area (Å²) < 4.78 is 6.71. The van der Waals surface area contributed by atoms with Crippen LogP contribution in [0, 0.1) is 0 Å². The summed E-state index contributed by atoms with van der Waals surface area (Å²) in [5.74, 6) is 2.13. The Bertz CT molecular complexity index is 579. The standard InChI is InChI=1S/C14H22N6S/c1-18(2)14-16-12(17-21-14)10-19(3)8-11-9-20-7-5-4-6-13(20)15-11/h9H,4-8,10H2,1-3H3. The van der Waals surface area contributed by atoms with Crippen molar-refractivity contribution < 1.29 is 0 Å². The van der Waals surface area contributed by atoms with Gasteiger partial charge in [-0.05, 0) is 19.9 Å². The molecule has 0 atom stereocenters. The molecular weight excluding hydrogens is 284 g/mol. The zero-order valence-electron chi connectivity index (χ0n) is 12.9. The summed E-state index contributed by atoms with van der Waals surface area (Å²) in [5, 5.41) is 0.954. The van der Waals surface area contributed by atoms with Gasteiger partial charge in [0.2, 0.25) is 5.13 Å². The zero-order valence-corrected chi connectivity index (χ0v) is 13.7. The fraction of sp³-hybridized carbons (Fsp3) is 0.643. The number of rotatable bonds is 5. The Morgan fingerprint density at radius 1 is 1.19 bits per heavy atom. The molecule has 0 aromatic carbocycles. The van der Waals surface area contributed by atoms with E-state index in [0.29, 0.717) is 0 Å². The first-order valence-electron chi connectivity index (χ1n) is 7.35. The topological polar surface area (TPSA) is 50.1 Å². The molecule has 114 valence electrons. The third-order valence-electron chi connectivity index (χ3n) is 3.64. The Morgan fingerprint density at radius 3 is 2.76 bits per heavy atom. The predicted molar refractivity (Wildman–Crippen MR) is 84.6 cm³/mol. The molecule has 0 aliphatic carbocycles. The number of nitrogens with zero attached hydrogens (tertiary/aromatic N) is 6. The van der Waals surface area contributed by atoms with Crippen molar-refractivity contribution in [1.82, 2.24) is 23.8 Å². The van der Waals surface area contributed by atoms with E-state index in [0.717, 1.165) is 42.7 Å². The fourth-order valence-corrected chi connectivity index (χ4v) is 3.21. The Hall–Kier alpha value is -1.47. The lowest BCUT2D eigenvalue weighted by Crippen LogP contribution is -2.18. The Labute approximate surface area is 129 Å². The van der Waals surface area contributed by atoms with Crippen LogP contribution in [0.25, 0.3) is 0 Å². The highest BCUT2D eigenvalue weighted by molar-refractivity contribution is 7.09. The smallest absolute Gasteiger partial charge is 0.204 e. The van der Waals surface area contributed by atoms with E-state index in [2.05, 4.69) is 32.1 Å². The van der Waals surface area contributed by atoms with Crippen molar-refractivity contribution in [3.8, 4) is 0 Å². The highest BCUT2D eigenvalue weighted by Crippen LogP contribution is 2.17. The van der Waals surface area contributed by atoms with Crippen molar-refractivity contribution in [2.75, 3.05) is 26.0 Å². The Morgan fingerprint density at radius 2 is 2.05 bits per heavy atom. The number of hydrogen-bond acceptors (Lipinski definition) is 6. The number of hydrogen-bond donors (Lipinski definition) is 0. The van der Waals surface area contributed by atoms with Gasteiger partial charge in [0.1, 0.15) is 5.82 Å². The molecular formula is C14H22N6S. The molecule has 3 heterocycles. The lowest BCUT2D eigenvalue weighted by atomic mass is 10.2. The maximum absolute atomic E-state index is 4.74. The second-order valence-corrected chi connectivity index (χ2v) is 6.59. The van der Waals surface area contributed by atoms with E-state index >= 15 is 0 Å². The SMILES string of the molecule is CN(Cc1cn2c(n1)CCCC2)Cc1nsc(N(C)C)n1. The molecule has 0 saturated heterocycles. The molecule has 0 fully saturated rings. The largest absolute Gasteiger partial charge is 0.353 e. The molecule has 3 rings (SSSR count). The van der Waals surface area contributed by atoms with Crippen LogP contribution < -0.4 is 4.90 Å². The van der Waals surface area contributed by atoms with Gasteiger partial charge in [0, 0.05) is 51.3 Å². The van der Waals surface area contributed by atoms with Crippen LogP contribution in [0.2, 0.25) is 0 Å². The van der Waals surface area contributed by atoms with Crippen molar-refractivity contribution in [1.29, 1.82) is 0 Å². The molecule has 0 unspecified atom stereocenters. The molecule has 0 amide bonds. The summed E-state index contributed by atoms with van der Waals surface area (Å²) in [6, 6.07) is 0. The van der Waals surface area contributed by atoms with Crippen LogP contribution in [0.3, 0.4) is 0 Å². The van der Waals surface area contributed by atoms with E-state index < -0.39 is 0 Å². The van der Waals surface area contributed by atoms with Crippen LogP contribution in [-0.4, -0.2) is 45.0 Å². The van der Waals surface area contributed by atoms with Crippen LogP contribution in [0.4, 0.5) is 5.13 Å². The van der Waals surface area contributed by atoms with Gasteiger partial charge in [-0.25, -0.2) is 9.97 Å². The summed E-state index contributed by atoms with van der Waals surface area (Å²) in [4.78, 5) is 13.5. The van der Waals surface area contributed by atoms with Gasteiger partial charge in [0.05, 0.1) is 12.2 Å². The second kappa shape index (κ2) is 6.11. The monoisotopic (exact) mass is 306 g/mol. The lowest BCUT2D eigenvalue weighted by Gasteiger charge is -2.12. The highest BCUT2D eigenvalue weighted by Gasteiger charge is 2.14. The van der Waals surface area contributed by atoms with Crippen molar-refractivity contribution in [2.45, 2.75) is 38.9 Å². The number of aromatic nitrogens is 4. The fourth-order valence-electron chi connectivity index (χ4n) is 2.61. The molecule has 1 aliphatic heterocycles. The first-order valence-corrected chi connectivity index (χ1v) is 8.12. The highest BCUT2D eigenvalue weighted by atomic mass is 32.1. The summed E-state index contributed by atoms with van der Waals surface area (Å²) in [7, 11) is 6.07. The van der Waals surface area contributed by atoms with Crippen LogP contribution in [0.15, 0.2) is 6.20 Å². The average Bonchev–Trinajstić information content (AvgIpc) is 3.04. The minimum Gasteiger partial charge on any atom is -0.353 e. The number of imidazole rings is 1. The minimum atomic E-state index is 0.756.